The highest BCUT2D eigenvalue weighted by Crippen LogP contribution is 2.19. The summed E-state index contributed by atoms with van der Waals surface area (Å²) in [5.41, 5.74) is 2.14. The number of nitrogens with one attached hydrogen (secondary N) is 2. The van der Waals surface area contributed by atoms with Crippen LogP contribution in [0.4, 0.5) is 5.69 Å². The van der Waals surface area contributed by atoms with Gasteiger partial charge in [0.1, 0.15) is 5.75 Å². The van der Waals surface area contributed by atoms with Crippen LogP contribution in [0.1, 0.15) is 28.9 Å². The fraction of sp³-hybridized carbons (Fsp3) is 0.500. The van der Waals surface area contributed by atoms with Gasteiger partial charge in [-0.2, -0.15) is 0 Å². The number of hydrogen-bond donors (Lipinski definition) is 2. The molecule has 0 aliphatic rings. The lowest BCUT2D eigenvalue weighted by atomic mass is 10.3. The van der Waals surface area contributed by atoms with Gasteiger partial charge in [-0.05, 0) is 25.5 Å². The number of hydrogen-bond acceptors (Lipinski definition) is 5. The Morgan fingerprint density at radius 3 is 2.85 bits per heavy atom. The minimum Gasteiger partial charge on any atom is -0.493 e. The molecule has 2 aromatic rings. The van der Waals surface area contributed by atoms with Crippen molar-refractivity contribution in [1.82, 2.24) is 10.3 Å². The number of anilines is 1. The van der Waals surface area contributed by atoms with Crippen molar-refractivity contribution in [1.29, 1.82) is 0 Å². The molecule has 148 valence electrons. The quantitative estimate of drug-likeness (QED) is 0.368. The van der Waals surface area contributed by atoms with Crippen LogP contribution in [-0.4, -0.2) is 44.9 Å². The first-order chi connectivity index (χ1) is 13.2. The molecule has 0 saturated carbocycles. The molecule has 2 rings (SSSR count). The molecule has 27 heavy (non-hydrogen) atoms. The van der Waals surface area contributed by atoms with Crippen LogP contribution in [0.2, 0.25) is 0 Å². The fourth-order valence-corrected chi connectivity index (χ4v) is 3.60. The summed E-state index contributed by atoms with van der Waals surface area (Å²) in [5.74, 6) is 1.56. The Kier molecular flexibility index (Phi) is 9.07. The first-order valence-electron chi connectivity index (χ1n) is 9.31. The third-order valence-electron chi connectivity index (χ3n) is 3.99. The summed E-state index contributed by atoms with van der Waals surface area (Å²) in [5, 5.41) is 7.81. The Hall–Kier alpha value is -2.12. The minimum atomic E-state index is 0.636. The van der Waals surface area contributed by atoms with Crippen molar-refractivity contribution in [2.45, 2.75) is 33.1 Å². The molecular weight excluding hydrogens is 360 g/mol. The van der Waals surface area contributed by atoms with Gasteiger partial charge in [-0.15, -0.1) is 11.3 Å². The summed E-state index contributed by atoms with van der Waals surface area (Å²) in [6, 6.07) is 7.88. The smallest absolute Gasteiger partial charge is 0.195 e. The first kappa shape index (κ1) is 21.2. The molecule has 6 nitrogen and oxygen atoms in total. The van der Waals surface area contributed by atoms with Gasteiger partial charge >= 0.3 is 0 Å². The monoisotopic (exact) mass is 390 g/mol. The molecule has 0 unspecified atom stereocenters. The Bertz CT molecular complexity index is 731. The topological polar surface area (TPSA) is 67.8 Å². The van der Waals surface area contributed by atoms with Crippen molar-refractivity contribution in [3.05, 3.63) is 39.8 Å². The van der Waals surface area contributed by atoms with Crippen LogP contribution in [0.15, 0.2) is 29.3 Å². The number of aliphatic imine (C=N–C) groups is 1. The Morgan fingerprint density at radius 2 is 2.15 bits per heavy atom. The zero-order chi connectivity index (χ0) is 19.5. The lowest BCUT2D eigenvalue weighted by Gasteiger charge is -2.13. The van der Waals surface area contributed by atoms with E-state index in [1.165, 1.54) is 15.6 Å². The average molecular weight is 391 g/mol. The van der Waals surface area contributed by atoms with Gasteiger partial charge < -0.3 is 20.1 Å². The molecule has 0 aliphatic heterocycles. The van der Waals surface area contributed by atoms with Crippen LogP contribution < -0.4 is 15.4 Å². The fourth-order valence-electron chi connectivity index (χ4n) is 2.58. The van der Waals surface area contributed by atoms with Crippen molar-refractivity contribution in [2.24, 2.45) is 4.99 Å². The molecule has 0 atom stereocenters. The van der Waals surface area contributed by atoms with Gasteiger partial charge in [-0.1, -0.05) is 13.0 Å². The van der Waals surface area contributed by atoms with E-state index >= 15 is 0 Å². The number of rotatable bonds is 10. The highest BCUT2D eigenvalue weighted by Gasteiger charge is 2.06. The highest BCUT2D eigenvalue weighted by atomic mass is 32.1. The van der Waals surface area contributed by atoms with E-state index in [9.17, 15) is 0 Å². The molecule has 2 N–H and O–H groups in total. The first-order valence-corrected chi connectivity index (χ1v) is 10.1. The lowest BCUT2D eigenvalue weighted by molar-refractivity contribution is 0.172. The molecule has 0 radical (unpaired) electrons. The third kappa shape index (κ3) is 7.19. The van der Waals surface area contributed by atoms with Crippen molar-refractivity contribution < 1.29 is 9.47 Å². The van der Waals surface area contributed by atoms with E-state index < -0.39 is 0 Å². The second kappa shape index (κ2) is 11.6. The average Bonchev–Trinajstić information content (AvgIpc) is 3.04. The maximum atomic E-state index is 5.74. The number of nitrogens with zero attached hydrogens (tertiary/aromatic N) is 2. The van der Waals surface area contributed by atoms with Crippen molar-refractivity contribution in [3.8, 4) is 5.75 Å². The molecule has 0 amide bonds. The van der Waals surface area contributed by atoms with Crippen molar-refractivity contribution in [3.63, 3.8) is 0 Å². The van der Waals surface area contributed by atoms with Gasteiger partial charge in [0.15, 0.2) is 5.96 Å². The van der Waals surface area contributed by atoms with Crippen LogP contribution in [0.25, 0.3) is 0 Å². The maximum absolute atomic E-state index is 5.74. The number of thiazole rings is 1. The largest absolute Gasteiger partial charge is 0.493 e. The molecule has 7 heteroatoms. The van der Waals surface area contributed by atoms with E-state index in [1.807, 2.05) is 24.3 Å². The normalized spacial score (nSPS) is 11.5. The van der Waals surface area contributed by atoms with Crippen LogP contribution in [0.5, 0.6) is 5.75 Å². The molecular formula is C20H30N4O2S. The number of aromatic nitrogens is 1. The SMILES string of the molecule is CCc1nc(CCNC(=NC)Nc2cccc(OCCCOC)c2)sc1C. The van der Waals surface area contributed by atoms with Gasteiger partial charge in [0, 0.05) is 56.8 Å². The number of aryl methyl sites for hydroxylation is 2. The van der Waals surface area contributed by atoms with E-state index in [4.69, 9.17) is 9.47 Å². The number of benzene rings is 1. The van der Waals surface area contributed by atoms with Crippen LogP contribution in [-0.2, 0) is 17.6 Å². The Balaban J connectivity index is 1.81. The predicted molar refractivity (Wildman–Crippen MR) is 113 cm³/mol. The van der Waals surface area contributed by atoms with Gasteiger partial charge in [0.25, 0.3) is 0 Å². The van der Waals surface area contributed by atoms with Gasteiger partial charge in [0.2, 0.25) is 0 Å². The van der Waals surface area contributed by atoms with E-state index in [-0.39, 0.29) is 0 Å². The third-order valence-corrected chi connectivity index (χ3v) is 5.06. The number of methoxy groups -OCH3 is 1. The summed E-state index contributed by atoms with van der Waals surface area (Å²) in [6.45, 7) is 6.40. The molecule has 1 aromatic heterocycles. The standard InChI is InChI=1S/C20H30N4O2S/c1-5-18-15(2)27-19(24-18)10-11-22-20(21-3)23-16-8-6-9-17(14-16)26-13-7-12-25-4/h6,8-9,14H,5,7,10-13H2,1-4H3,(H2,21,22,23). The molecule has 0 bridgehead atoms. The summed E-state index contributed by atoms with van der Waals surface area (Å²) in [4.78, 5) is 10.3. The second-order valence-corrected chi connectivity index (χ2v) is 7.35. The number of ether oxygens (including phenoxy) is 2. The lowest BCUT2D eigenvalue weighted by Crippen LogP contribution is -2.32. The zero-order valence-electron chi connectivity index (χ0n) is 16.7. The van der Waals surface area contributed by atoms with E-state index in [1.54, 1.807) is 25.5 Å². The van der Waals surface area contributed by atoms with Gasteiger partial charge in [-0.3, -0.25) is 4.99 Å². The van der Waals surface area contributed by atoms with E-state index in [0.717, 1.165) is 43.2 Å². The molecule has 0 spiro atoms. The minimum absolute atomic E-state index is 0.636. The Labute approximate surface area is 166 Å². The summed E-state index contributed by atoms with van der Waals surface area (Å²) in [6.07, 6.45) is 2.74. The maximum Gasteiger partial charge on any atom is 0.195 e. The van der Waals surface area contributed by atoms with Crippen LogP contribution in [0, 0.1) is 6.92 Å². The molecule has 0 saturated heterocycles. The van der Waals surface area contributed by atoms with Crippen molar-refractivity contribution in [2.75, 3.05) is 39.2 Å². The molecule has 0 aliphatic carbocycles. The van der Waals surface area contributed by atoms with Crippen molar-refractivity contribution >= 4 is 23.0 Å². The van der Waals surface area contributed by atoms with Gasteiger partial charge in [0.05, 0.1) is 17.3 Å². The summed E-state index contributed by atoms with van der Waals surface area (Å²) >= 11 is 1.78. The molecule has 1 aromatic carbocycles. The second-order valence-electron chi connectivity index (χ2n) is 6.06. The highest BCUT2D eigenvalue weighted by molar-refractivity contribution is 7.11. The molecule has 0 fully saturated rings. The van der Waals surface area contributed by atoms with E-state index in [2.05, 4.69) is 34.5 Å². The van der Waals surface area contributed by atoms with E-state index in [0.29, 0.717) is 13.2 Å². The number of guanidine groups is 1. The zero-order valence-corrected chi connectivity index (χ0v) is 17.5. The predicted octanol–water partition coefficient (Wildman–Crippen LogP) is 3.66. The Morgan fingerprint density at radius 1 is 1.30 bits per heavy atom. The summed E-state index contributed by atoms with van der Waals surface area (Å²) in [7, 11) is 3.46. The van der Waals surface area contributed by atoms with Crippen LogP contribution in [0.3, 0.4) is 0 Å². The van der Waals surface area contributed by atoms with Gasteiger partial charge in [-0.25, -0.2) is 4.98 Å². The van der Waals surface area contributed by atoms with Crippen LogP contribution >= 0.6 is 11.3 Å². The molecule has 1 heterocycles. The summed E-state index contributed by atoms with van der Waals surface area (Å²) < 4.78 is 10.8.